The molecule has 2 bridgehead atoms. The van der Waals surface area contributed by atoms with Crippen molar-refractivity contribution in [3.8, 4) is 0 Å². The summed E-state index contributed by atoms with van der Waals surface area (Å²) in [5.74, 6) is -3.60. The number of aliphatic carboxylic acids is 1. The standard InChI is InChI=1S/C15H18F2N2O5S/c16-12-2-1-3-13(17)15(12)25(22,23)19-5-10-4-18(7-14(20)21)6-11(19)9-24-8-10/h1-3,10-11H,4-9H2,(H,20,21)/t10-,11-/m0/s1. The number of nitrogens with zero attached hydrogens (tertiary/aromatic N) is 2. The zero-order valence-corrected chi connectivity index (χ0v) is 14.1. The van der Waals surface area contributed by atoms with Gasteiger partial charge < -0.3 is 9.84 Å². The van der Waals surface area contributed by atoms with Gasteiger partial charge in [-0.1, -0.05) is 6.07 Å². The van der Waals surface area contributed by atoms with Crippen molar-refractivity contribution in [3.63, 3.8) is 0 Å². The molecule has 10 heteroatoms. The van der Waals surface area contributed by atoms with E-state index in [1.165, 1.54) is 0 Å². The van der Waals surface area contributed by atoms with Crippen molar-refractivity contribution in [3.05, 3.63) is 29.8 Å². The van der Waals surface area contributed by atoms with E-state index in [2.05, 4.69) is 0 Å². The highest BCUT2D eigenvalue weighted by atomic mass is 32.2. The quantitative estimate of drug-likeness (QED) is 0.817. The molecule has 0 unspecified atom stereocenters. The van der Waals surface area contributed by atoms with Gasteiger partial charge in [-0.05, 0) is 12.1 Å². The number of ether oxygens (including phenoxy) is 1. The van der Waals surface area contributed by atoms with Gasteiger partial charge in [0.25, 0.3) is 0 Å². The van der Waals surface area contributed by atoms with Crippen LogP contribution in [0.4, 0.5) is 8.78 Å². The summed E-state index contributed by atoms with van der Waals surface area (Å²) in [4.78, 5) is 11.6. The Hall–Kier alpha value is -1.62. The number of hydrogen-bond donors (Lipinski definition) is 1. The molecule has 2 aliphatic heterocycles. The Kier molecular flexibility index (Phi) is 5.05. The van der Waals surface area contributed by atoms with Crippen molar-refractivity contribution in [2.75, 3.05) is 39.4 Å². The van der Waals surface area contributed by atoms with Crippen LogP contribution in [0.25, 0.3) is 0 Å². The minimum absolute atomic E-state index is 0.0247. The molecule has 138 valence electrons. The van der Waals surface area contributed by atoms with Crippen molar-refractivity contribution in [2.45, 2.75) is 10.9 Å². The number of carbonyl (C=O) groups is 1. The third kappa shape index (κ3) is 3.66. The van der Waals surface area contributed by atoms with Gasteiger partial charge in [-0.2, -0.15) is 4.31 Å². The molecule has 2 heterocycles. The topological polar surface area (TPSA) is 87.2 Å². The van der Waals surface area contributed by atoms with Gasteiger partial charge in [0.15, 0.2) is 4.90 Å². The van der Waals surface area contributed by atoms with Crippen LogP contribution in [0.15, 0.2) is 23.1 Å². The minimum Gasteiger partial charge on any atom is -0.480 e. The molecule has 0 spiro atoms. The number of hydrogen-bond acceptors (Lipinski definition) is 5. The summed E-state index contributed by atoms with van der Waals surface area (Å²) in [7, 11) is -4.42. The smallest absolute Gasteiger partial charge is 0.317 e. The van der Waals surface area contributed by atoms with Crippen LogP contribution in [0.3, 0.4) is 0 Å². The fourth-order valence-corrected chi connectivity index (χ4v) is 5.15. The summed E-state index contributed by atoms with van der Waals surface area (Å²) >= 11 is 0. The van der Waals surface area contributed by atoms with E-state index in [9.17, 15) is 22.0 Å². The molecule has 7 nitrogen and oxygen atoms in total. The van der Waals surface area contributed by atoms with E-state index in [-0.39, 0.29) is 38.8 Å². The largest absolute Gasteiger partial charge is 0.480 e. The van der Waals surface area contributed by atoms with Gasteiger partial charge in [0.05, 0.1) is 25.8 Å². The maximum absolute atomic E-state index is 14.0. The predicted octanol–water partition coefficient (Wildman–Crippen LogP) is 0.371. The summed E-state index contributed by atoms with van der Waals surface area (Å²) in [6.45, 7) is 0.568. The molecule has 25 heavy (non-hydrogen) atoms. The van der Waals surface area contributed by atoms with Gasteiger partial charge in [-0.25, -0.2) is 17.2 Å². The lowest BCUT2D eigenvalue weighted by Gasteiger charge is -2.30. The zero-order chi connectivity index (χ0) is 18.2. The third-order valence-electron chi connectivity index (χ3n) is 4.34. The summed E-state index contributed by atoms with van der Waals surface area (Å²) in [6.07, 6.45) is 0. The maximum Gasteiger partial charge on any atom is 0.317 e. The van der Waals surface area contributed by atoms with E-state index in [0.29, 0.717) is 6.54 Å². The molecule has 0 saturated carbocycles. The van der Waals surface area contributed by atoms with E-state index in [1.807, 2.05) is 0 Å². The van der Waals surface area contributed by atoms with Crippen molar-refractivity contribution < 1.29 is 31.8 Å². The summed E-state index contributed by atoms with van der Waals surface area (Å²) in [6, 6.07) is 2.18. The Labute approximate surface area is 143 Å². The van der Waals surface area contributed by atoms with E-state index in [0.717, 1.165) is 22.5 Å². The first kappa shape index (κ1) is 18.2. The lowest BCUT2D eigenvalue weighted by molar-refractivity contribution is -0.138. The van der Waals surface area contributed by atoms with Gasteiger partial charge in [-0.15, -0.1) is 0 Å². The molecule has 0 aromatic heterocycles. The zero-order valence-electron chi connectivity index (χ0n) is 13.3. The third-order valence-corrected chi connectivity index (χ3v) is 6.31. The fraction of sp³-hybridized carbons (Fsp3) is 0.533. The number of rotatable bonds is 4. The van der Waals surface area contributed by atoms with E-state index >= 15 is 0 Å². The number of halogens is 2. The molecule has 0 aliphatic carbocycles. The van der Waals surface area contributed by atoms with Crippen LogP contribution in [0.5, 0.6) is 0 Å². The number of benzene rings is 1. The first-order chi connectivity index (χ1) is 11.8. The maximum atomic E-state index is 14.0. The minimum atomic E-state index is -4.42. The molecule has 1 aromatic rings. The molecule has 2 aliphatic rings. The van der Waals surface area contributed by atoms with Crippen LogP contribution in [0, 0.1) is 17.6 Å². The van der Waals surface area contributed by atoms with E-state index < -0.39 is 38.6 Å². The molecule has 0 radical (unpaired) electrons. The van der Waals surface area contributed by atoms with Gasteiger partial charge in [0.1, 0.15) is 11.6 Å². The molecule has 2 atom stereocenters. The second-order valence-corrected chi connectivity index (χ2v) is 8.10. The molecule has 0 amide bonds. The van der Waals surface area contributed by atoms with E-state index in [4.69, 9.17) is 9.84 Å². The average molecular weight is 376 g/mol. The highest BCUT2D eigenvalue weighted by molar-refractivity contribution is 7.89. The van der Waals surface area contributed by atoms with Crippen LogP contribution in [0.2, 0.25) is 0 Å². The van der Waals surface area contributed by atoms with Crippen LogP contribution >= 0.6 is 0 Å². The highest BCUT2D eigenvalue weighted by Crippen LogP contribution is 2.29. The molecular formula is C15H18F2N2O5S. The molecule has 2 saturated heterocycles. The Morgan fingerprint density at radius 1 is 1.20 bits per heavy atom. The second-order valence-electron chi connectivity index (χ2n) is 6.27. The molecule has 3 rings (SSSR count). The van der Waals surface area contributed by atoms with Crippen molar-refractivity contribution >= 4 is 16.0 Å². The summed E-state index contributed by atoms with van der Waals surface area (Å²) in [5, 5.41) is 8.99. The molecule has 2 fully saturated rings. The Morgan fingerprint density at radius 3 is 2.52 bits per heavy atom. The highest BCUT2D eigenvalue weighted by Gasteiger charge is 2.42. The average Bonchev–Trinajstić information content (AvgIpc) is 2.77. The van der Waals surface area contributed by atoms with Crippen LogP contribution in [-0.4, -0.2) is 74.1 Å². The monoisotopic (exact) mass is 376 g/mol. The Bertz CT molecular complexity index is 753. The lowest BCUT2D eigenvalue weighted by Crippen LogP contribution is -2.47. The lowest BCUT2D eigenvalue weighted by atomic mass is 10.1. The van der Waals surface area contributed by atoms with Gasteiger partial charge in [-0.3, -0.25) is 9.69 Å². The first-order valence-corrected chi connectivity index (χ1v) is 9.21. The number of fused-ring (bicyclic) bond motifs is 3. The van der Waals surface area contributed by atoms with Crippen LogP contribution in [-0.2, 0) is 19.6 Å². The normalized spacial score (nSPS) is 25.5. The SMILES string of the molecule is O=C(O)CN1C[C@@H]2COC[C@H](C1)N(S(=O)(=O)c1c(F)cccc1F)C2. The number of carboxylic acids is 1. The van der Waals surface area contributed by atoms with Gasteiger partial charge >= 0.3 is 5.97 Å². The number of carboxylic acid groups (broad SMARTS) is 1. The van der Waals surface area contributed by atoms with Crippen LogP contribution in [0.1, 0.15) is 0 Å². The molecule has 1 aromatic carbocycles. The van der Waals surface area contributed by atoms with Crippen molar-refractivity contribution in [1.29, 1.82) is 0 Å². The molecular weight excluding hydrogens is 358 g/mol. The first-order valence-electron chi connectivity index (χ1n) is 7.76. The summed E-state index contributed by atoms with van der Waals surface area (Å²) in [5.41, 5.74) is 0. The Balaban J connectivity index is 1.97. The predicted molar refractivity (Wildman–Crippen MR) is 82.4 cm³/mol. The second kappa shape index (κ2) is 6.94. The summed E-state index contributed by atoms with van der Waals surface area (Å²) < 4.78 is 60.4. The number of sulfonamides is 1. The fourth-order valence-electron chi connectivity index (χ4n) is 3.36. The van der Waals surface area contributed by atoms with Crippen LogP contribution < -0.4 is 0 Å². The Morgan fingerprint density at radius 2 is 1.88 bits per heavy atom. The van der Waals surface area contributed by atoms with Gasteiger partial charge in [0, 0.05) is 25.6 Å². The van der Waals surface area contributed by atoms with Gasteiger partial charge in [0.2, 0.25) is 10.0 Å². The molecule has 1 N–H and O–H groups in total. The van der Waals surface area contributed by atoms with Crippen molar-refractivity contribution in [1.82, 2.24) is 9.21 Å². The van der Waals surface area contributed by atoms with Crippen molar-refractivity contribution in [2.24, 2.45) is 5.92 Å². The van der Waals surface area contributed by atoms with E-state index in [1.54, 1.807) is 4.90 Å².